The Hall–Kier alpha value is -3.78. The van der Waals surface area contributed by atoms with E-state index in [1.165, 1.54) is 0 Å². The van der Waals surface area contributed by atoms with Crippen LogP contribution in [0.5, 0.6) is 5.88 Å². The second-order valence-electron chi connectivity index (χ2n) is 7.73. The molecule has 1 aromatic carbocycles. The van der Waals surface area contributed by atoms with Gasteiger partial charge in [-0.2, -0.15) is 0 Å². The summed E-state index contributed by atoms with van der Waals surface area (Å²) in [5.74, 6) is 0.963. The van der Waals surface area contributed by atoms with Crippen LogP contribution in [0.15, 0.2) is 61.1 Å². The van der Waals surface area contributed by atoms with E-state index in [4.69, 9.17) is 9.47 Å². The number of aromatic nitrogens is 4. The molecule has 1 aliphatic rings. The predicted octanol–water partition coefficient (Wildman–Crippen LogP) is 3.63. The van der Waals surface area contributed by atoms with Crippen molar-refractivity contribution in [2.24, 2.45) is 0 Å². The van der Waals surface area contributed by atoms with E-state index < -0.39 is 0 Å². The van der Waals surface area contributed by atoms with Gasteiger partial charge in [0, 0.05) is 43.4 Å². The SMILES string of the molecule is COc1nc(C(=O)N2CC(OC)CC2c2ncc(-c3cccnc3)[nH]2)cc2ccccc12. The van der Waals surface area contributed by atoms with Crippen molar-refractivity contribution >= 4 is 16.7 Å². The highest BCUT2D eigenvalue weighted by molar-refractivity contribution is 5.98. The van der Waals surface area contributed by atoms with Gasteiger partial charge < -0.3 is 19.4 Å². The van der Waals surface area contributed by atoms with E-state index >= 15 is 0 Å². The molecule has 5 rings (SSSR count). The molecule has 1 aliphatic heterocycles. The third-order valence-electron chi connectivity index (χ3n) is 5.86. The van der Waals surface area contributed by atoms with Gasteiger partial charge in [-0.05, 0) is 29.7 Å². The number of carbonyl (C=O) groups excluding carboxylic acids is 1. The molecule has 0 spiro atoms. The van der Waals surface area contributed by atoms with Crippen molar-refractivity contribution in [1.29, 1.82) is 0 Å². The van der Waals surface area contributed by atoms with Crippen LogP contribution in [0.25, 0.3) is 22.0 Å². The third kappa shape index (κ3) is 3.58. The molecule has 2 unspecified atom stereocenters. The van der Waals surface area contributed by atoms with Crippen LogP contribution in [0, 0.1) is 0 Å². The molecule has 32 heavy (non-hydrogen) atoms. The molecular formula is C24H23N5O3. The van der Waals surface area contributed by atoms with Gasteiger partial charge >= 0.3 is 0 Å². The first-order valence-corrected chi connectivity index (χ1v) is 10.4. The summed E-state index contributed by atoms with van der Waals surface area (Å²) in [7, 11) is 3.22. The molecule has 3 aromatic heterocycles. The van der Waals surface area contributed by atoms with Gasteiger partial charge in [0.25, 0.3) is 5.91 Å². The van der Waals surface area contributed by atoms with Gasteiger partial charge in [-0.1, -0.05) is 18.2 Å². The molecular weight excluding hydrogens is 406 g/mol. The fraction of sp³-hybridized carbons (Fsp3) is 0.250. The van der Waals surface area contributed by atoms with Crippen LogP contribution in [-0.4, -0.2) is 57.6 Å². The smallest absolute Gasteiger partial charge is 0.273 e. The lowest BCUT2D eigenvalue weighted by atomic mass is 10.1. The number of hydrogen-bond acceptors (Lipinski definition) is 6. The number of fused-ring (bicyclic) bond motifs is 1. The standard InChI is InChI=1S/C24H23N5O3/c1-31-17-11-21(22-26-13-20(27-22)16-7-5-9-25-12-16)29(14-17)24(30)19-10-15-6-3-4-8-18(15)23(28-19)32-2/h3-10,12-13,17,21H,11,14H2,1-2H3,(H,26,27). The van der Waals surface area contributed by atoms with Crippen LogP contribution < -0.4 is 4.74 Å². The van der Waals surface area contributed by atoms with Crippen molar-refractivity contribution in [2.75, 3.05) is 20.8 Å². The van der Waals surface area contributed by atoms with E-state index in [0.29, 0.717) is 30.4 Å². The molecule has 0 radical (unpaired) electrons. The number of ether oxygens (including phenoxy) is 2. The summed E-state index contributed by atoms with van der Waals surface area (Å²) in [4.78, 5) is 32.0. The summed E-state index contributed by atoms with van der Waals surface area (Å²) in [6.45, 7) is 0.458. The number of aromatic amines is 1. The van der Waals surface area contributed by atoms with Crippen molar-refractivity contribution in [3.63, 3.8) is 0 Å². The summed E-state index contributed by atoms with van der Waals surface area (Å²) in [5.41, 5.74) is 2.12. The van der Waals surface area contributed by atoms with Crippen LogP contribution >= 0.6 is 0 Å². The summed E-state index contributed by atoms with van der Waals surface area (Å²) in [6, 6.07) is 13.1. The Morgan fingerprint density at radius 3 is 2.81 bits per heavy atom. The van der Waals surface area contributed by atoms with Crippen molar-refractivity contribution in [3.8, 4) is 17.1 Å². The second kappa shape index (κ2) is 8.39. The maximum Gasteiger partial charge on any atom is 0.273 e. The monoisotopic (exact) mass is 429 g/mol. The summed E-state index contributed by atoms with van der Waals surface area (Å²) >= 11 is 0. The Labute approximate surface area is 185 Å². The molecule has 8 heteroatoms. The average molecular weight is 429 g/mol. The number of carbonyl (C=O) groups is 1. The zero-order chi connectivity index (χ0) is 22.1. The molecule has 0 saturated carbocycles. The van der Waals surface area contributed by atoms with Gasteiger partial charge in [0.1, 0.15) is 11.5 Å². The van der Waals surface area contributed by atoms with E-state index in [9.17, 15) is 4.79 Å². The summed E-state index contributed by atoms with van der Waals surface area (Å²) in [5, 5.41) is 1.77. The van der Waals surface area contributed by atoms with E-state index in [1.54, 1.807) is 43.8 Å². The Morgan fingerprint density at radius 1 is 1.16 bits per heavy atom. The summed E-state index contributed by atoms with van der Waals surface area (Å²) in [6.07, 6.45) is 5.84. The van der Waals surface area contributed by atoms with Crippen molar-refractivity contribution in [2.45, 2.75) is 18.6 Å². The number of nitrogens with zero attached hydrogens (tertiary/aromatic N) is 4. The van der Waals surface area contributed by atoms with Gasteiger partial charge in [-0.25, -0.2) is 9.97 Å². The number of imidazole rings is 1. The third-order valence-corrected chi connectivity index (χ3v) is 5.86. The number of nitrogens with one attached hydrogen (secondary N) is 1. The van der Waals surface area contributed by atoms with Gasteiger partial charge in [0.05, 0.1) is 31.1 Å². The van der Waals surface area contributed by atoms with Crippen LogP contribution in [0.4, 0.5) is 0 Å². The highest BCUT2D eigenvalue weighted by Gasteiger charge is 2.39. The highest BCUT2D eigenvalue weighted by Crippen LogP contribution is 2.35. The largest absolute Gasteiger partial charge is 0.481 e. The number of H-pyrrole nitrogens is 1. The average Bonchev–Trinajstić information content (AvgIpc) is 3.51. The number of hydrogen-bond donors (Lipinski definition) is 1. The Bertz CT molecular complexity index is 1260. The molecule has 2 atom stereocenters. The second-order valence-corrected chi connectivity index (χ2v) is 7.73. The number of rotatable bonds is 5. The van der Waals surface area contributed by atoms with Gasteiger partial charge in [0.2, 0.25) is 5.88 Å². The van der Waals surface area contributed by atoms with Crippen LogP contribution in [0.1, 0.15) is 28.8 Å². The van der Waals surface area contributed by atoms with Crippen LogP contribution in [0.2, 0.25) is 0 Å². The molecule has 0 aliphatic carbocycles. The lowest BCUT2D eigenvalue weighted by Crippen LogP contribution is -2.33. The maximum atomic E-state index is 13.6. The lowest BCUT2D eigenvalue weighted by Gasteiger charge is -2.23. The molecule has 8 nitrogen and oxygen atoms in total. The van der Waals surface area contributed by atoms with Crippen molar-refractivity contribution in [1.82, 2.24) is 24.8 Å². The first-order valence-electron chi connectivity index (χ1n) is 10.4. The summed E-state index contributed by atoms with van der Waals surface area (Å²) < 4.78 is 11.1. The highest BCUT2D eigenvalue weighted by atomic mass is 16.5. The quantitative estimate of drug-likeness (QED) is 0.521. The van der Waals surface area contributed by atoms with Gasteiger partial charge in [-0.3, -0.25) is 9.78 Å². The van der Waals surface area contributed by atoms with E-state index in [-0.39, 0.29) is 18.1 Å². The van der Waals surface area contributed by atoms with Crippen LogP contribution in [0.3, 0.4) is 0 Å². The topological polar surface area (TPSA) is 93.2 Å². The molecule has 4 heterocycles. The molecule has 1 fully saturated rings. The van der Waals surface area contributed by atoms with E-state index in [2.05, 4.69) is 19.9 Å². The molecule has 1 N–H and O–H groups in total. The number of pyridine rings is 2. The molecule has 162 valence electrons. The zero-order valence-electron chi connectivity index (χ0n) is 17.9. The Balaban J connectivity index is 1.50. The minimum Gasteiger partial charge on any atom is -0.481 e. The molecule has 1 saturated heterocycles. The first kappa shape index (κ1) is 20.1. The predicted molar refractivity (Wildman–Crippen MR) is 119 cm³/mol. The van der Waals surface area contributed by atoms with Crippen LogP contribution in [-0.2, 0) is 4.74 Å². The molecule has 4 aromatic rings. The number of methoxy groups -OCH3 is 2. The minimum atomic E-state index is -0.253. The zero-order valence-corrected chi connectivity index (χ0v) is 17.9. The lowest BCUT2D eigenvalue weighted by molar-refractivity contribution is 0.0678. The Kier molecular flexibility index (Phi) is 5.28. The van der Waals surface area contributed by atoms with Gasteiger partial charge in [-0.15, -0.1) is 0 Å². The van der Waals surface area contributed by atoms with Crippen molar-refractivity contribution < 1.29 is 14.3 Å². The molecule has 0 bridgehead atoms. The molecule has 1 amide bonds. The Morgan fingerprint density at radius 2 is 2.03 bits per heavy atom. The van der Waals surface area contributed by atoms with E-state index in [0.717, 1.165) is 22.0 Å². The van der Waals surface area contributed by atoms with Gasteiger partial charge in [0.15, 0.2) is 0 Å². The normalized spacial score (nSPS) is 18.2. The minimum absolute atomic E-state index is 0.0850. The first-order chi connectivity index (χ1) is 15.7. The fourth-order valence-corrected chi connectivity index (χ4v) is 4.21. The van der Waals surface area contributed by atoms with Crippen molar-refractivity contribution in [3.05, 3.63) is 72.6 Å². The fourth-order valence-electron chi connectivity index (χ4n) is 4.21. The number of benzene rings is 1. The number of likely N-dealkylation sites (tertiary alicyclic amines) is 1. The maximum absolute atomic E-state index is 13.6. The number of amides is 1. The van der Waals surface area contributed by atoms with E-state index in [1.807, 2.05) is 36.4 Å².